The molecule has 1 heterocycles. The third kappa shape index (κ3) is 4.37. The Morgan fingerprint density at radius 1 is 1.50 bits per heavy atom. The molecule has 1 unspecified atom stereocenters. The largest absolute Gasteiger partial charge is 0.478 e. The van der Waals surface area contributed by atoms with Crippen LogP contribution in [0.1, 0.15) is 30.6 Å². The second kappa shape index (κ2) is 7.00. The second-order valence-corrected chi connectivity index (χ2v) is 5.10. The van der Waals surface area contributed by atoms with Gasteiger partial charge in [-0.15, -0.1) is 0 Å². The zero-order valence-electron chi connectivity index (χ0n) is 10.3. The van der Waals surface area contributed by atoms with E-state index in [1.54, 1.807) is 13.0 Å². The summed E-state index contributed by atoms with van der Waals surface area (Å²) in [6.07, 6.45) is 2.19. The number of carbonyl (C=O) groups is 2. The average molecular weight is 268 g/mol. The van der Waals surface area contributed by atoms with Crippen molar-refractivity contribution in [2.75, 3.05) is 6.54 Å². The van der Waals surface area contributed by atoms with Crippen molar-refractivity contribution in [3.05, 3.63) is 23.9 Å². The number of hydrogen-bond acceptors (Lipinski definition) is 4. The van der Waals surface area contributed by atoms with E-state index in [9.17, 15) is 9.59 Å². The van der Waals surface area contributed by atoms with Crippen LogP contribution in [0.3, 0.4) is 0 Å². The first-order valence-corrected chi connectivity index (χ1v) is 6.56. The Hall–Kier alpha value is -1.56. The molecule has 6 heteroatoms. The molecule has 1 aromatic heterocycles. The summed E-state index contributed by atoms with van der Waals surface area (Å²) in [5.74, 6) is -1.04. The fraction of sp³-hybridized carbons (Fsp3) is 0.417. The maximum Gasteiger partial charge on any atom is 0.337 e. The number of nitrogens with one attached hydrogen (secondary N) is 1. The standard InChI is InChI=1S/C12H16N2O3S/c1-3-6-13-11(15)8(2)18-10-5-4-9(7-14-10)12(16)17/h4-5,7-8H,3,6H2,1-2H3,(H,13,15)(H,16,17). The minimum absolute atomic E-state index is 0.0361. The summed E-state index contributed by atoms with van der Waals surface area (Å²) >= 11 is 1.31. The Kier molecular flexibility index (Phi) is 5.64. The van der Waals surface area contributed by atoms with E-state index in [0.29, 0.717) is 11.6 Å². The van der Waals surface area contributed by atoms with Gasteiger partial charge in [-0.3, -0.25) is 4.79 Å². The van der Waals surface area contributed by atoms with Gasteiger partial charge in [-0.05, 0) is 25.5 Å². The molecule has 1 rings (SSSR count). The molecule has 0 aliphatic carbocycles. The van der Waals surface area contributed by atoms with E-state index in [-0.39, 0.29) is 16.7 Å². The highest BCUT2D eigenvalue weighted by Gasteiger charge is 2.14. The summed E-state index contributed by atoms with van der Waals surface area (Å²) in [7, 11) is 0. The molecule has 0 fully saturated rings. The van der Waals surface area contributed by atoms with Crippen LogP contribution >= 0.6 is 11.8 Å². The number of aromatic carboxylic acids is 1. The van der Waals surface area contributed by atoms with Crippen molar-refractivity contribution in [1.29, 1.82) is 0 Å². The van der Waals surface area contributed by atoms with E-state index in [1.165, 1.54) is 24.0 Å². The quantitative estimate of drug-likeness (QED) is 0.769. The molecular formula is C12H16N2O3S. The van der Waals surface area contributed by atoms with Crippen LogP contribution in [0.5, 0.6) is 0 Å². The Bertz CT molecular complexity index is 420. The van der Waals surface area contributed by atoms with Gasteiger partial charge >= 0.3 is 5.97 Å². The molecule has 0 radical (unpaired) electrons. The number of rotatable bonds is 6. The molecule has 18 heavy (non-hydrogen) atoms. The Morgan fingerprint density at radius 2 is 2.22 bits per heavy atom. The highest BCUT2D eigenvalue weighted by molar-refractivity contribution is 8.00. The topological polar surface area (TPSA) is 79.3 Å². The van der Waals surface area contributed by atoms with Gasteiger partial charge in [-0.1, -0.05) is 18.7 Å². The smallest absolute Gasteiger partial charge is 0.337 e. The Balaban J connectivity index is 2.56. The van der Waals surface area contributed by atoms with Crippen molar-refractivity contribution in [3.8, 4) is 0 Å². The summed E-state index contributed by atoms with van der Waals surface area (Å²) in [6.45, 7) is 4.45. The molecule has 0 aromatic carbocycles. The van der Waals surface area contributed by atoms with Gasteiger partial charge in [0.25, 0.3) is 0 Å². The first-order valence-electron chi connectivity index (χ1n) is 5.68. The van der Waals surface area contributed by atoms with Gasteiger partial charge in [0.1, 0.15) is 0 Å². The zero-order chi connectivity index (χ0) is 13.5. The molecule has 0 saturated heterocycles. The summed E-state index contributed by atoms with van der Waals surface area (Å²) < 4.78 is 0. The van der Waals surface area contributed by atoms with Crippen LogP contribution in [0.2, 0.25) is 0 Å². The zero-order valence-corrected chi connectivity index (χ0v) is 11.2. The van der Waals surface area contributed by atoms with Crippen LogP contribution < -0.4 is 5.32 Å². The minimum atomic E-state index is -1.01. The molecule has 5 nitrogen and oxygen atoms in total. The van der Waals surface area contributed by atoms with Crippen LogP contribution in [-0.4, -0.2) is 33.8 Å². The normalized spacial score (nSPS) is 11.9. The molecule has 0 bridgehead atoms. The maximum absolute atomic E-state index is 11.6. The van der Waals surface area contributed by atoms with Crippen molar-refractivity contribution in [1.82, 2.24) is 10.3 Å². The second-order valence-electron chi connectivity index (χ2n) is 3.74. The van der Waals surface area contributed by atoms with Crippen LogP contribution in [0.4, 0.5) is 0 Å². The molecule has 0 spiro atoms. The lowest BCUT2D eigenvalue weighted by atomic mass is 10.3. The van der Waals surface area contributed by atoms with E-state index in [2.05, 4.69) is 10.3 Å². The number of amides is 1. The summed E-state index contributed by atoms with van der Waals surface area (Å²) in [4.78, 5) is 26.3. The number of carboxylic acid groups (broad SMARTS) is 1. The Labute approximate surface area is 110 Å². The first kappa shape index (κ1) is 14.5. The van der Waals surface area contributed by atoms with Crippen LogP contribution in [0, 0.1) is 0 Å². The summed E-state index contributed by atoms with van der Waals surface area (Å²) in [6, 6.07) is 3.09. The number of thioether (sulfide) groups is 1. The van der Waals surface area contributed by atoms with E-state index in [4.69, 9.17) is 5.11 Å². The number of hydrogen-bond donors (Lipinski definition) is 2. The third-order valence-corrected chi connectivity index (χ3v) is 3.25. The molecule has 0 aliphatic rings. The van der Waals surface area contributed by atoms with Crippen LogP contribution in [0.15, 0.2) is 23.4 Å². The van der Waals surface area contributed by atoms with Crippen molar-refractivity contribution in [2.45, 2.75) is 30.5 Å². The van der Waals surface area contributed by atoms with Crippen molar-refractivity contribution < 1.29 is 14.7 Å². The van der Waals surface area contributed by atoms with Gasteiger partial charge in [-0.2, -0.15) is 0 Å². The fourth-order valence-corrected chi connectivity index (χ4v) is 2.02. The van der Waals surface area contributed by atoms with Crippen LogP contribution in [0.25, 0.3) is 0 Å². The van der Waals surface area contributed by atoms with E-state index < -0.39 is 5.97 Å². The number of nitrogens with zero attached hydrogens (tertiary/aromatic N) is 1. The molecule has 1 amide bonds. The van der Waals surface area contributed by atoms with Gasteiger partial charge < -0.3 is 10.4 Å². The fourth-order valence-electron chi connectivity index (χ4n) is 1.20. The van der Waals surface area contributed by atoms with Gasteiger partial charge in [-0.25, -0.2) is 9.78 Å². The predicted molar refractivity (Wildman–Crippen MR) is 69.8 cm³/mol. The lowest BCUT2D eigenvalue weighted by molar-refractivity contribution is -0.120. The van der Waals surface area contributed by atoms with Crippen molar-refractivity contribution >= 4 is 23.6 Å². The van der Waals surface area contributed by atoms with E-state index in [1.807, 2.05) is 6.92 Å². The molecule has 1 aromatic rings. The van der Waals surface area contributed by atoms with Gasteiger partial charge in [0.2, 0.25) is 5.91 Å². The lowest BCUT2D eigenvalue weighted by Gasteiger charge is -2.10. The average Bonchev–Trinajstić information content (AvgIpc) is 2.36. The number of aromatic nitrogens is 1. The molecule has 0 aliphatic heterocycles. The molecule has 0 saturated carbocycles. The minimum Gasteiger partial charge on any atom is -0.478 e. The van der Waals surface area contributed by atoms with Gasteiger partial charge in [0.05, 0.1) is 15.8 Å². The highest BCUT2D eigenvalue weighted by Crippen LogP contribution is 2.21. The maximum atomic E-state index is 11.6. The van der Waals surface area contributed by atoms with E-state index in [0.717, 1.165) is 6.42 Å². The van der Waals surface area contributed by atoms with E-state index >= 15 is 0 Å². The molecule has 2 N–H and O–H groups in total. The molecule has 98 valence electrons. The van der Waals surface area contributed by atoms with Gasteiger partial charge in [0.15, 0.2) is 0 Å². The summed E-state index contributed by atoms with van der Waals surface area (Å²) in [5.41, 5.74) is 0.141. The lowest BCUT2D eigenvalue weighted by Crippen LogP contribution is -2.31. The number of carboxylic acids is 1. The monoisotopic (exact) mass is 268 g/mol. The number of pyridine rings is 1. The van der Waals surface area contributed by atoms with Gasteiger partial charge in [0, 0.05) is 12.7 Å². The van der Waals surface area contributed by atoms with Crippen molar-refractivity contribution in [3.63, 3.8) is 0 Å². The molecule has 1 atom stereocenters. The van der Waals surface area contributed by atoms with Crippen molar-refractivity contribution in [2.24, 2.45) is 0 Å². The first-order chi connectivity index (χ1) is 8.54. The predicted octanol–water partition coefficient (Wildman–Crippen LogP) is 1.79. The Morgan fingerprint density at radius 3 is 2.72 bits per heavy atom. The summed E-state index contributed by atoms with van der Waals surface area (Å²) in [5, 5.41) is 11.9. The highest BCUT2D eigenvalue weighted by atomic mass is 32.2. The molecular weight excluding hydrogens is 252 g/mol. The SMILES string of the molecule is CCCNC(=O)C(C)Sc1ccc(C(=O)O)cn1. The number of carbonyl (C=O) groups excluding carboxylic acids is 1. The van der Waals surface area contributed by atoms with Crippen LogP contribution in [-0.2, 0) is 4.79 Å². The third-order valence-electron chi connectivity index (χ3n) is 2.20.